The van der Waals surface area contributed by atoms with Crippen LogP contribution in [0.4, 0.5) is 10.1 Å². The van der Waals surface area contributed by atoms with Crippen LogP contribution in [0.1, 0.15) is 16.7 Å². The van der Waals surface area contributed by atoms with Gasteiger partial charge in [-0.1, -0.05) is 59.8 Å². The van der Waals surface area contributed by atoms with Crippen LogP contribution in [-0.2, 0) is 11.3 Å². The summed E-state index contributed by atoms with van der Waals surface area (Å²) in [6, 6.07) is 22.1. The highest BCUT2D eigenvalue weighted by molar-refractivity contribution is 7.99. The molecule has 0 aliphatic rings. The van der Waals surface area contributed by atoms with Crippen LogP contribution in [0.5, 0.6) is 0 Å². The van der Waals surface area contributed by atoms with Crippen LogP contribution >= 0.6 is 11.8 Å². The highest BCUT2D eigenvalue weighted by Crippen LogP contribution is 2.26. The number of carbonyl (C=O) groups excluding carboxylic acids is 1. The van der Waals surface area contributed by atoms with Crippen LogP contribution in [0.25, 0.3) is 11.4 Å². The Bertz CT molecular complexity index is 1220. The van der Waals surface area contributed by atoms with E-state index in [0.717, 1.165) is 27.9 Å². The second-order valence-electron chi connectivity index (χ2n) is 7.54. The van der Waals surface area contributed by atoms with Crippen LogP contribution in [0.15, 0.2) is 78.0 Å². The Morgan fingerprint density at radius 3 is 2.47 bits per heavy atom. The Balaban J connectivity index is 1.54. The first kappa shape index (κ1) is 21.8. The smallest absolute Gasteiger partial charge is 0.234 e. The van der Waals surface area contributed by atoms with Crippen LogP contribution in [0.3, 0.4) is 0 Å². The fourth-order valence-electron chi connectivity index (χ4n) is 3.39. The number of nitrogens with zero attached hydrogens (tertiary/aromatic N) is 3. The van der Waals surface area contributed by atoms with Crippen molar-refractivity contribution in [2.45, 2.75) is 25.5 Å². The van der Waals surface area contributed by atoms with Gasteiger partial charge < -0.3 is 5.32 Å². The summed E-state index contributed by atoms with van der Waals surface area (Å²) in [5.41, 5.74) is 4.82. The molecular weight excluding hydrogens is 423 g/mol. The van der Waals surface area contributed by atoms with Crippen LogP contribution in [0.2, 0.25) is 0 Å². The highest BCUT2D eigenvalue weighted by atomic mass is 32.2. The van der Waals surface area contributed by atoms with Crippen LogP contribution in [0, 0.1) is 19.7 Å². The molecule has 0 fully saturated rings. The second-order valence-corrected chi connectivity index (χ2v) is 8.48. The molecule has 7 heteroatoms. The highest BCUT2D eigenvalue weighted by Gasteiger charge is 2.16. The van der Waals surface area contributed by atoms with Gasteiger partial charge in [-0.25, -0.2) is 4.39 Å². The third-order valence-corrected chi connectivity index (χ3v) is 5.96. The van der Waals surface area contributed by atoms with Gasteiger partial charge in [0, 0.05) is 11.3 Å². The lowest BCUT2D eigenvalue weighted by Gasteiger charge is -2.11. The van der Waals surface area contributed by atoms with Gasteiger partial charge in [0.05, 0.1) is 12.3 Å². The molecule has 32 heavy (non-hydrogen) atoms. The van der Waals surface area contributed by atoms with Gasteiger partial charge in [-0.05, 0) is 55.3 Å². The number of amides is 1. The summed E-state index contributed by atoms with van der Waals surface area (Å²) < 4.78 is 15.4. The lowest BCUT2D eigenvalue weighted by molar-refractivity contribution is -0.113. The first-order chi connectivity index (χ1) is 15.5. The van der Waals surface area contributed by atoms with Gasteiger partial charge in [0.1, 0.15) is 5.82 Å². The molecule has 0 bridgehead atoms. The number of nitrogens with one attached hydrogen (secondary N) is 1. The lowest BCUT2D eigenvalue weighted by Crippen LogP contribution is -2.15. The average Bonchev–Trinajstić information content (AvgIpc) is 3.18. The maximum absolute atomic E-state index is 13.4. The Kier molecular flexibility index (Phi) is 6.66. The summed E-state index contributed by atoms with van der Waals surface area (Å²) in [6.07, 6.45) is 0. The number of anilines is 1. The van der Waals surface area contributed by atoms with Crippen LogP contribution < -0.4 is 5.32 Å². The third kappa shape index (κ3) is 5.23. The maximum Gasteiger partial charge on any atom is 0.234 e. The minimum atomic E-state index is -0.305. The zero-order valence-corrected chi connectivity index (χ0v) is 18.7. The Hall–Kier alpha value is -3.45. The SMILES string of the molecule is Cc1ccc(NC(=O)CSc2nnc(-c3ccc(F)cc3)n2Cc2ccccc2)c(C)c1. The minimum Gasteiger partial charge on any atom is -0.325 e. The summed E-state index contributed by atoms with van der Waals surface area (Å²) in [5, 5.41) is 12.2. The number of thioether (sulfide) groups is 1. The molecule has 0 unspecified atom stereocenters. The largest absolute Gasteiger partial charge is 0.325 e. The number of aryl methyl sites for hydroxylation is 2. The molecule has 3 aromatic carbocycles. The molecule has 162 valence electrons. The first-order valence-corrected chi connectivity index (χ1v) is 11.2. The van der Waals surface area contributed by atoms with E-state index in [0.29, 0.717) is 17.5 Å². The van der Waals surface area contributed by atoms with Crippen molar-refractivity contribution in [2.24, 2.45) is 0 Å². The molecule has 0 spiro atoms. The predicted molar refractivity (Wildman–Crippen MR) is 126 cm³/mol. The topological polar surface area (TPSA) is 59.8 Å². The standard InChI is InChI=1S/C25H23FN4OS/c1-17-8-13-22(18(2)14-17)27-23(31)16-32-25-29-28-24(20-9-11-21(26)12-10-20)30(25)15-19-6-4-3-5-7-19/h3-14H,15-16H2,1-2H3,(H,27,31). The van der Waals surface area contributed by atoms with Crippen molar-refractivity contribution in [3.05, 3.63) is 95.3 Å². The molecule has 0 radical (unpaired) electrons. The fourth-order valence-corrected chi connectivity index (χ4v) is 4.12. The predicted octanol–water partition coefficient (Wildman–Crippen LogP) is 5.48. The van der Waals surface area contributed by atoms with Gasteiger partial charge in [0.15, 0.2) is 11.0 Å². The van der Waals surface area contributed by atoms with E-state index in [1.165, 1.54) is 23.9 Å². The monoisotopic (exact) mass is 446 g/mol. The summed E-state index contributed by atoms with van der Waals surface area (Å²) in [6.45, 7) is 4.54. The number of halogens is 1. The van der Waals surface area contributed by atoms with Crippen molar-refractivity contribution < 1.29 is 9.18 Å². The first-order valence-electron chi connectivity index (χ1n) is 10.2. The van der Waals surface area contributed by atoms with E-state index in [1.54, 1.807) is 12.1 Å². The molecule has 1 amide bonds. The summed E-state index contributed by atoms with van der Waals surface area (Å²) >= 11 is 1.32. The van der Waals surface area contributed by atoms with E-state index in [1.807, 2.05) is 66.9 Å². The summed E-state index contributed by atoms with van der Waals surface area (Å²) in [5.74, 6) is 0.412. The van der Waals surface area contributed by atoms with Gasteiger partial charge in [0.25, 0.3) is 0 Å². The number of benzene rings is 3. The fraction of sp³-hybridized carbons (Fsp3) is 0.160. The quantitative estimate of drug-likeness (QED) is 0.382. The second kappa shape index (κ2) is 9.78. The molecule has 0 atom stereocenters. The Morgan fingerprint density at radius 1 is 1.00 bits per heavy atom. The molecule has 1 aromatic heterocycles. The molecule has 0 saturated heterocycles. The van der Waals surface area contributed by atoms with Crippen LogP contribution in [-0.4, -0.2) is 26.4 Å². The van der Waals surface area contributed by atoms with Crippen molar-refractivity contribution in [2.75, 3.05) is 11.1 Å². The molecule has 1 heterocycles. The number of rotatable bonds is 7. The van der Waals surface area contributed by atoms with Gasteiger partial charge in [0.2, 0.25) is 5.91 Å². The molecule has 0 aliphatic heterocycles. The number of aromatic nitrogens is 3. The molecular formula is C25H23FN4OS. The molecule has 0 saturated carbocycles. The van der Waals surface area contributed by atoms with Crippen molar-refractivity contribution in [1.29, 1.82) is 0 Å². The minimum absolute atomic E-state index is 0.112. The van der Waals surface area contributed by atoms with E-state index in [9.17, 15) is 9.18 Å². The van der Waals surface area contributed by atoms with E-state index in [-0.39, 0.29) is 17.5 Å². The number of hydrogen-bond donors (Lipinski definition) is 1. The molecule has 0 aliphatic carbocycles. The van der Waals surface area contributed by atoms with Crippen molar-refractivity contribution in [3.63, 3.8) is 0 Å². The van der Waals surface area contributed by atoms with Gasteiger partial charge >= 0.3 is 0 Å². The van der Waals surface area contributed by atoms with Crippen molar-refractivity contribution >= 4 is 23.4 Å². The normalized spacial score (nSPS) is 10.8. The lowest BCUT2D eigenvalue weighted by atomic mass is 10.1. The average molecular weight is 447 g/mol. The van der Waals surface area contributed by atoms with Crippen molar-refractivity contribution in [3.8, 4) is 11.4 Å². The van der Waals surface area contributed by atoms with E-state index in [2.05, 4.69) is 15.5 Å². The molecule has 5 nitrogen and oxygen atoms in total. The Labute approximate surface area is 190 Å². The maximum atomic E-state index is 13.4. The zero-order valence-electron chi connectivity index (χ0n) is 17.9. The number of carbonyl (C=O) groups is 1. The van der Waals surface area contributed by atoms with Gasteiger partial charge in [-0.3, -0.25) is 9.36 Å². The van der Waals surface area contributed by atoms with E-state index < -0.39 is 0 Å². The number of hydrogen-bond acceptors (Lipinski definition) is 4. The van der Waals surface area contributed by atoms with E-state index >= 15 is 0 Å². The summed E-state index contributed by atoms with van der Waals surface area (Å²) in [4.78, 5) is 12.6. The van der Waals surface area contributed by atoms with Crippen molar-refractivity contribution in [1.82, 2.24) is 14.8 Å². The molecule has 1 N–H and O–H groups in total. The summed E-state index contributed by atoms with van der Waals surface area (Å²) in [7, 11) is 0. The molecule has 4 rings (SSSR count). The van der Waals surface area contributed by atoms with E-state index in [4.69, 9.17) is 0 Å². The zero-order chi connectivity index (χ0) is 22.5. The van der Waals surface area contributed by atoms with Gasteiger partial charge in [-0.2, -0.15) is 0 Å². The molecule has 4 aromatic rings. The third-order valence-electron chi connectivity index (χ3n) is 4.99. The van der Waals surface area contributed by atoms with Gasteiger partial charge in [-0.15, -0.1) is 10.2 Å². The Morgan fingerprint density at radius 2 is 1.75 bits per heavy atom.